The zero-order valence-electron chi connectivity index (χ0n) is 18.3. The van der Waals surface area contributed by atoms with E-state index >= 15 is 0 Å². The average Bonchev–Trinajstić information content (AvgIpc) is 2.64. The fourth-order valence-corrected chi connectivity index (χ4v) is 3.98. The summed E-state index contributed by atoms with van der Waals surface area (Å²) in [6.07, 6.45) is 2.06. The molecule has 1 saturated heterocycles. The van der Waals surface area contributed by atoms with Gasteiger partial charge in [0.2, 0.25) is 0 Å². The number of nitrogens with one attached hydrogen (secondary N) is 1. The molecule has 1 amide bonds. The highest BCUT2D eigenvalue weighted by atomic mass is 35.5. The molecule has 0 spiro atoms. The lowest BCUT2D eigenvalue weighted by molar-refractivity contribution is 0.0778. The van der Waals surface area contributed by atoms with Gasteiger partial charge < -0.3 is 15.0 Å². The number of nitrogens with zero attached hydrogens (tertiary/aromatic N) is 1. The maximum atomic E-state index is 13.3. The number of ether oxygens (including phenoxy) is 1. The lowest BCUT2D eigenvalue weighted by atomic mass is 9.86. The first-order valence-electron chi connectivity index (χ1n) is 10.3. The number of hydrogen-bond acceptors (Lipinski definition) is 3. The van der Waals surface area contributed by atoms with Crippen LogP contribution >= 0.6 is 11.6 Å². The summed E-state index contributed by atoms with van der Waals surface area (Å²) in [5.74, 6) is -0.0799. The molecular formula is C24H30ClFN2O2. The molecule has 0 aromatic heterocycles. The predicted molar refractivity (Wildman–Crippen MR) is 120 cm³/mol. The summed E-state index contributed by atoms with van der Waals surface area (Å²) in [4.78, 5) is 15.0. The maximum Gasteiger partial charge on any atom is 0.257 e. The summed E-state index contributed by atoms with van der Waals surface area (Å²) in [5, 5.41) is 2.94. The molecule has 2 aromatic carbocycles. The highest BCUT2D eigenvalue weighted by Crippen LogP contribution is 2.35. The number of halogens is 2. The van der Waals surface area contributed by atoms with Crippen molar-refractivity contribution in [3.8, 4) is 5.75 Å². The van der Waals surface area contributed by atoms with E-state index in [2.05, 4.69) is 45.0 Å². The molecule has 1 fully saturated rings. The van der Waals surface area contributed by atoms with Crippen molar-refractivity contribution in [2.75, 3.05) is 18.9 Å². The van der Waals surface area contributed by atoms with Gasteiger partial charge in [-0.3, -0.25) is 4.79 Å². The van der Waals surface area contributed by atoms with Gasteiger partial charge in [-0.15, -0.1) is 0 Å². The van der Waals surface area contributed by atoms with Crippen LogP contribution in [0.15, 0.2) is 36.4 Å². The van der Waals surface area contributed by atoms with E-state index in [1.165, 1.54) is 12.1 Å². The largest absolute Gasteiger partial charge is 0.490 e. The highest BCUT2D eigenvalue weighted by molar-refractivity contribution is 6.34. The second kappa shape index (κ2) is 8.94. The number of carbonyl (C=O) groups is 1. The maximum absolute atomic E-state index is 13.3. The molecule has 0 radical (unpaired) electrons. The standard InChI is InChI=1S/C24H30ClFN2O2/c1-15-12-18(10-11-28(15)5)30-22-14-17(7-9-20(22)24(2,3)4)27-23(29)19-8-6-16(26)13-21(19)25/h6-9,13-15,18H,10-12H2,1-5H3,(H,27,29)/t15-,18+/m1/s1. The van der Waals surface area contributed by atoms with Crippen LogP contribution in [0, 0.1) is 5.82 Å². The Kier molecular flexibility index (Phi) is 6.73. The topological polar surface area (TPSA) is 41.6 Å². The van der Waals surface area contributed by atoms with Crippen LogP contribution in [0.25, 0.3) is 0 Å². The highest BCUT2D eigenvalue weighted by Gasteiger charge is 2.27. The molecule has 0 bridgehead atoms. The Balaban J connectivity index is 1.84. The summed E-state index contributed by atoms with van der Waals surface area (Å²) in [7, 11) is 2.14. The third-order valence-electron chi connectivity index (χ3n) is 5.68. The zero-order chi connectivity index (χ0) is 22.1. The number of anilines is 1. The van der Waals surface area contributed by atoms with Gasteiger partial charge >= 0.3 is 0 Å². The minimum Gasteiger partial charge on any atom is -0.490 e. The van der Waals surface area contributed by atoms with Gasteiger partial charge in [0.25, 0.3) is 5.91 Å². The fourth-order valence-electron chi connectivity index (χ4n) is 3.72. The van der Waals surface area contributed by atoms with Crippen molar-refractivity contribution in [1.29, 1.82) is 0 Å². The summed E-state index contributed by atoms with van der Waals surface area (Å²) in [6.45, 7) is 9.63. The Bertz CT molecular complexity index is 926. The Labute approximate surface area is 183 Å². The van der Waals surface area contributed by atoms with Crippen molar-refractivity contribution >= 4 is 23.2 Å². The van der Waals surface area contributed by atoms with Crippen LogP contribution in [0.1, 0.15) is 56.5 Å². The minimum absolute atomic E-state index is 0.0793. The van der Waals surface area contributed by atoms with Crippen molar-refractivity contribution in [3.05, 3.63) is 58.4 Å². The van der Waals surface area contributed by atoms with Crippen molar-refractivity contribution < 1.29 is 13.9 Å². The Morgan fingerprint density at radius 1 is 1.23 bits per heavy atom. The van der Waals surface area contributed by atoms with E-state index < -0.39 is 5.82 Å². The van der Waals surface area contributed by atoms with Gasteiger partial charge in [-0.1, -0.05) is 38.4 Å². The average molecular weight is 433 g/mol. The van der Waals surface area contributed by atoms with Crippen LogP contribution in [-0.2, 0) is 5.41 Å². The second-order valence-electron chi connectivity index (χ2n) is 9.13. The van der Waals surface area contributed by atoms with Crippen LogP contribution in [-0.4, -0.2) is 36.5 Å². The van der Waals surface area contributed by atoms with Gasteiger partial charge in [0.15, 0.2) is 0 Å². The number of benzene rings is 2. The number of rotatable bonds is 4. The second-order valence-corrected chi connectivity index (χ2v) is 9.54. The summed E-state index contributed by atoms with van der Waals surface area (Å²) >= 11 is 6.03. The third-order valence-corrected chi connectivity index (χ3v) is 5.99. The molecule has 6 heteroatoms. The van der Waals surface area contributed by atoms with Gasteiger partial charge in [0.05, 0.1) is 10.6 Å². The number of carbonyl (C=O) groups excluding carboxylic acids is 1. The fraction of sp³-hybridized carbons (Fsp3) is 0.458. The van der Waals surface area contributed by atoms with Crippen LogP contribution in [0.2, 0.25) is 5.02 Å². The number of piperidine rings is 1. The molecule has 30 heavy (non-hydrogen) atoms. The van der Waals surface area contributed by atoms with E-state index in [0.29, 0.717) is 11.7 Å². The van der Waals surface area contributed by atoms with E-state index in [0.717, 1.165) is 36.8 Å². The molecule has 0 aliphatic carbocycles. The monoisotopic (exact) mass is 432 g/mol. The molecule has 1 aliphatic rings. The lowest BCUT2D eigenvalue weighted by Crippen LogP contribution is -2.42. The Morgan fingerprint density at radius 2 is 1.97 bits per heavy atom. The van der Waals surface area contributed by atoms with Crippen LogP contribution in [0.3, 0.4) is 0 Å². The van der Waals surface area contributed by atoms with Gasteiger partial charge in [-0.05, 0) is 62.1 Å². The van der Waals surface area contributed by atoms with Gasteiger partial charge in [0.1, 0.15) is 17.7 Å². The number of hydrogen-bond donors (Lipinski definition) is 1. The van der Waals surface area contributed by atoms with E-state index in [1.807, 2.05) is 18.2 Å². The molecule has 0 saturated carbocycles. The van der Waals surface area contributed by atoms with Crippen LogP contribution in [0.4, 0.5) is 10.1 Å². The van der Waals surface area contributed by atoms with E-state index in [1.54, 1.807) is 0 Å². The number of amides is 1. The van der Waals surface area contributed by atoms with E-state index in [9.17, 15) is 9.18 Å². The normalized spacial score (nSPS) is 20.1. The number of likely N-dealkylation sites (tertiary alicyclic amines) is 1. The van der Waals surface area contributed by atoms with Crippen LogP contribution < -0.4 is 10.1 Å². The van der Waals surface area contributed by atoms with E-state index in [-0.39, 0.29) is 28.0 Å². The molecule has 2 atom stereocenters. The van der Waals surface area contributed by atoms with Gasteiger partial charge in [-0.2, -0.15) is 0 Å². The molecule has 1 heterocycles. The minimum atomic E-state index is -0.478. The Hall–Kier alpha value is -2.11. The molecule has 4 nitrogen and oxygen atoms in total. The Morgan fingerprint density at radius 3 is 2.60 bits per heavy atom. The first-order valence-corrected chi connectivity index (χ1v) is 10.7. The summed E-state index contributed by atoms with van der Waals surface area (Å²) in [6, 6.07) is 9.93. The van der Waals surface area contributed by atoms with Crippen molar-refractivity contribution in [2.45, 2.75) is 58.1 Å². The zero-order valence-corrected chi connectivity index (χ0v) is 19.0. The molecular weight excluding hydrogens is 403 g/mol. The smallest absolute Gasteiger partial charge is 0.257 e. The van der Waals surface area contributed by atoms with Crippen LogP contribution in [0.5, 0.6) is 5.75 Å². The van der Waals surface area contributed by atoms with E-state index in [4.69, 9.17) is 16.3 Å². The van der Waals surface area contributed by atoms with Crippen molar-refractivity contribution in [3.63, 3.8) is 0 Å². The molecule has 1 N–H and O–H groups in total. The quantitative estimate of drug-likeness (QED) is 0.654. The molecule has 0 unspecified atom stereocenters. The van der Waals surface area contributed by atoms with Crippen molar-refractivity contribution in [1.82, 2.24) is 4.90 Å². The predicted octanol–water partition coefficient (Wildman–Crippen LogP) is 5.89. The van der Waals surface area contributed by atoms with Gasteiger partial charge in [-0.25, -0.2) is 4.39 Å². The molecule has 3 rings (SSSR count). The summed E-state index contributed by atoms with van der Waals surface area (Å²) in [5.41, 5.74) is 1.83. The molecule has 162 valence electrons. The molecule has 1 aliphatic heterocycles. The summed E-state index contributed by atoms with van der Waals surface area (Å²) < 4.78 is 19.7. The molecule has 2 aromatic rings. The first-order chi connectivity index (χ1) is 14.0. The van der Waals surface area contributed by atoms with Gasteiger partial charge in [0, 0.05) is 24.3 Å². The lowest BCUT2D eigenvalue weighted by Gasteiger charge is -2.36. The SMILES string of the molecule is C[C@@H]1C[C@@H](Oc2cc(NC(=O)c3ccc(F)cc3Cl)ccc2C(C)(C)C)CCN1C. The van der Waals surface area contributed by atoms with Crippen molar-refractivity contribution in [2.24, 2.45) is 0 Å². The first kappa shape index (κ1) is 22.6. The third kappa shape index (κ3) is 5.32.